The fraction of sp³-hybridized carbons (Fsp3) is 0.108. The number of rotatable bonds is 9. The van der Waals surface area contributed by atoms with E-state index in [-0.39, 0.29) is 18.9 Å². The minimum Gasteiger partial charge on any atom is -0.489 e. The van der Waals surface area contributed by atoms with Gasteiger partial charge in [-0.25, -0.2) is 14.6 Å². The van der Waals surface area contributed by atoms with Crippen LogP contribution in [0.1, 0.15) is 43.0 Å². The fourth-order valence-electron chi connectivity index (χ4n) is 5.29. The van der Waals surface area contributed by atoms with E-state index in [1.54, 1.807) is 56.3 Å². The molecule has 0 atom stereocenters. The molecule has 228 valence electrons. The summed E-state index contributed by atoms with van der Waals surface area (Å²) in [5, 5.41) is 12.3. The number of pyridine rings is 1. The molecule has 1 aromatic heterocycles. The van der Waals surface area contributed by atoms with Crippen molar-refractivity contribution in [1.29, 1.82) is 0 Å². The Kier molecular flexibility index (Phi) is 8.38. The van der Waals surface area contributed by atoms with Crippen LogP contribution in [0.5, 0.6) is 11.5 Å². The molecule has 0 saturated carbocycles. The molecule has 0 aliphatic rings. The Hall–Kier alpha value is -6.09. The summed E-state index contributed by atoms with van der Waals surface area (Å²) < 4.78 is 17.4. The Morgan fingerprint density at radius 1 is 0.717 bits per heavy atom. The van der Waals surface area contributed by atoms with Crippen molar-refractivity contribution in [2.24, 2.45) is 0 Å². The van der Waals surface area contributed by atoms with Gasteiger partial charge >= 0.3 is 11.9 Å². The van der Waals surface area contributed by atoms with E-state index in [9.17, 15) is 19.7 Å². The number of hydrogen-bond acceptors (Lipinski definition) is 8. The smallest absolute Gasteiger partial charge is 0.344 e. The van der Waals surface area contributed by atoms with E-state index in [1.165, 1.54) is 12.1 Å². The molecule has 0 N–H and O–H groups in total. The molecule has 6 aromatic rings. The minimum atomic E-state index is -0.570. The van der Waals surface area contributed by atoms with Crippen LogP contribution >= 0.6 is 0 Å². The van der Waals surface area contributed by atoms with Crippen LogP contribution in [0.15, 0.2) is 109 Å². The molecule has 6 rings (SSSR count). The van der Waals surface area contributed by atoms with Crippen LogP contribution in [0.4, 0.5) is 5.69 Å². The summed E-state index contributed by atoms with van der Waals surface area (Å²) in [6.45, 7) is 3.82. The summed E-state index contributed by atoms with van der Waals surface area (Å²) >= 11 is 0. The maximum absolute atomic E-state index is 13.9. The third-order valence-corrected chi connectivity index (χ3v) is 7.49. The van der Waals surface area contributed by atoms with E-state index in [4.69, 9.17) is 19.2 Å². The van der Waals surface area contributed by atoms with Crippen molar-refractivity contribution in [3.63, 3.8) is 0 Å². The highest BCUT2D eigenvalue weighted by atomic mass is 16.6. The van der Waals surface area contributed by atoms with Crippen molar-refractivity contribution < 1.29 is 28.7 Å². The Labute approximate surface area is 264 Å². The third kappa shape index (κ3) is 6.39. The molecule has 5 aromatic carbocycles. The van der Waals surface area contributed by atoms with Crippen LogP contribution in [-0.4, -0.2) is 21.8 Å². The summed E-state index contributed by atoms with van der Waals surface area (Å²) in [7, 11) is 0. The highest BCUT2D eigenvalue weighted by Crippen LogP contribution is 2.32. The fourth-order valence-corrected chi connectivity index (χ4v) is 5.29. The van der Waals surface area contributed by atoms with Gasteiger partial charge in [-0.15, -0.1) is 0 Å². The Morgan fingerprint density at radius 2 is 1.41 bits per heavy atom. The van der Waals surface area contributed by atoms with Crippen LogP contribution in [-0.2, 0) is 18.0 Å². The summed E-state index contributed by atoms with van der Waals surface area (Å²) in [5.41, 5.74) is 4.56. The number of ether oxygens (including phenoxy) is 3. The van der Waals surface area contributed by atoms with Crippen LogP contribution in [0.2, 0.25) is 0 Å². The van der Waals surface area contributed by atoms with Crippen LogP contribution in [0.3, 0.4) is 0 Å². The lowest BCUT2D eigenvalue weighted by Gasteiger charge is -2.15. The summed E-state index contributed by atoms with van der Waals surface area (Å²) in [6, 6.07) is 31.5. The first-order valence-corrected chi connectivity index (χ1v) is 14.5. The topological polar surface area (TPSA) is 118 Å². The van der Waals surface area contributed by atoms with Crippen molar-refractivity contribution in [3.8, 4) is 11.5 Å². The van der Waals surface area contributed by atoms with Gasteiger partial charge in [0.2, 0.25) is 0 Å². The molecule has 0 aliphatic carbocycles. The quantitative estimate of drug-likeness (QED) is 0.0529. The second-order valence-electron chi connectivity index (χ2n) is 10.8. The third-order valence-electron chi connectivity index (χ3n) is 7.49. The average Bonchev–Trinajstić information content (AvgIpc) is 3.07. The van der Waals surface area contributed by atoms with E-state index in [2.05, 4.69) is 0 Å². The van der Waals surface area contributed by atoms with Gasteiger partial charge in [0.05, 0.1) is 27.1 Å². The average molecular weight is 613 g/mol. The second-order valence-corrected chi connectivity index (χ2v) is 10.8. The maximum atomic E-state index is 13.9. The molecule has 0 fully saturated rings. The zero-order valence-corrected chi connectivity index (χ0v) is 25.1. The molecule has 1 heterocycles. The molecule has 0 aliphatic heterocycles. The second kappa shape index (κ2) is 12.9. The van der Waals surface area contributed by atoms with Gasteiger partial charge in [-0.1, -0.05) is 60.7 Å². The number of carbonyl (C=O) groups is 2. The number of non-ortho nitro benzene ring substituents is 1. The zero-order valence-electron chi connectivity index (χ0n) is 25.1. The van der Waals surface area contributed by atoms with Crippen molar-refractivity contribution in [2.75, 3.05) is 0 Å². The number of nitrogens with zero attached hydrogens (tertiary/aromatic N) is 2. The standard InChI is InChI=1S/C37H28N2O7/c1-23-17-27(36(40)45-21-25-9-4-3-5-10-25)18-24(2)35(23)46-37(41)34-30-13-6-7-14-32(30)38-33-20-29(15-16-31(33)34)44-22-26-11-8-12-28(19-26)39(42)43/h3-20H,21-22H2,1-2H3. The number of nitro benzene ring substituents is 1. The summed E-state index contributed by atoms with van der Waals surface area (Å²) in [6.07, 6.45) is 0. The van der Waals surface area contributed by atoms with Crippen LogP contribution in [0.25, 0.3) is 21.8 Å². The number of esters is 2. The first-order chi connectivity index (χ1) is 22.3. The lowest BCUT2D eigenvalue weighted by Crippen LogP contribution is -2.13. The van der Waals surface area contributed by atoms with Gasteiger partial charge in [-0.3, -0.25) is 10.1 Å². The SMILES string of the molecule is Cc1cc(C(=O)OCc2ccccc2)cc(C)c1OC(=O)c1c2ccccc2nc2cc(OCc3cccc([N+](=O)[O-])c3)ccc12. The molecular formula is C37H28N2O7. The predicted molar refractivity (Wildman–Crippen MR) is 173 cm³/mol. The molecule has 9 heteroatoms. The zero-order chi connectivity index (χ0) is 32.2. The van der Waals surface area contributed by atoms with Gasteiger partial charge < -0.3 is 14.2 Å². The Balaban J connectivity index is 1.26. The molecule has 46 heavy (non-hydrogen) atoms. The van der Waals surface area contributed by atoms with Gasteiger partial charge in [0, 0.05) is 29.0 Å². The van der Waals surface area contributed by atoms with Crippen molar-refractivity contribution >= 4 is 39.4 Å². The lowest BCUT2D eigenvalue weighted by atomic mass is 10.0. The number of hydrogen-bond donors (Lipinski definition) is 0. The number of aromatic nitrogens is 1. The van der Waals surface area contributed by atoms with E-state index in [0.717, 1.165) is 5.56 Å². The molecule has 0 amide bonds. The van der Waals surface area contributed by atoms with Gasteiger partial charge in [0.25, 0.3) is 5.69 Å². The molecular weight excluding hydrogens is 584 g/mol. The van der Waals surface area contributed by atoms with Gasteiger partial charge in [0.15, 0.2) is 0 Å². The number of benzene rings is 5. The first kappa shape index (κ1) is 30.0. The molecule has 0 spiro atoms. The van der Waals surface area contributed by atoms with Gasteiger partial charge in [0.1, 0.15) is 24.7 Å². The number of aryl methyl sites for hydroxylation is 2. The normalized spacial score (nSPS) is 10.9. The molecule has 0 saturated heterocycles. The Bertz CT molecular complexity index is 2100. The molecule has 9 nitrogen and oxygen atoms in total. The molecule has 0 radical (unpaired) electrons. The monoisotopic (exact) mass is 612 g/mol. The minimum absolute atomic E-state index is 0.0148. The van der Waals surface area contributed by atoms with Crippen LogP contribution in [0, 0.1) is 24.0 Å². The van der Waals surface area contributed by atoms with Crippen LogP contribution < -0.4 is 9.47 Å². The van der Waals surface area contributed by atoms with E-state index in [1.807, 2.05) is 54.6 Å². The van der Waals surface area contributed by atoms with E-state index < -0.39 is 16.9 Å². The number of nitro groups is 1. The van der Waals surface area contributed by atoms with Gasteiger partial charge in [-0.2, -0.15) is 0 Å². The van der Waals surface area contributed by atoms with E-state index in [0.29, 0.717) is 61.1 Å². The molecule has 0 bridgehead atoms. The Morgan fingerprint density at radius 3 is 2.17 bits per heavy atom. The predicted octanol–water partition coefficient (Wildman–Crippen LogP) is 8.07. The maximum Gasteiger partial charge on any atom is 0.344 e. The highest BCUT2D eigenvalue weighted by Gasteiger charge is 2.21. The number of carbonyl (C=O) groups excluding carboxylic acids is 2. The summed E-state index contributed by atoms with van der Waals surface area (Å²) in [4.78, 5) is 42.1. The number of para-hydroxylation sites is 1. The lowest BCUT2D eigenvalue weighted by molar-refractivity contribution is -0.384. The van der Waals surface area contributed by atoms with E-state index >= 15 is 0 Å². The van der Waals surface area contributed by atoms with Crippen molar-refractivity contribution in [3.05, 3.63) is 153 Å². The summed E-state index contributed by atoms with van der Waals surface area (Å²) in [5.74, 6) is -0.194. The van der Waals surface area contributed by atoms with Crippen molar-refractivity contribution in [1.82, 2.24) is 4.98 Å². The first-order valence-electron chi connectivity index (χ1n) is 14.5. The highest BCUT2D eigenvalue weighted by molar-refractivity contribution is 6.15. The van der Waals surface area contributed by atoms with Crippen molar-refractivity contribution in [2.45, 2.75) is 27.1 Å². The largest absolute Gasteiger partial charge is 0.489 e. The number of fused-ring (bicyclic) bond motifs is 2. The molecule has 0 unspecified atom stereocenters. The van der Waals surface area contributed by atoms with Gasteiger partial charge in [-0.05, 0) is 66.4 Å².